The molecule has 0 spiro atoms. The number of rotatable bonds is 10. The topological polar surface area (TPSA) is 93.3 Å². The average Bonchev–Trinajstić information content (AvgIpc) is 3.36. The summed E-state index contributed by atoms with van der Waals surface area (Å²) in [5, 5.41) is 19.3. The first kappa shape index (κ1) is 21.1. The number of ether oxygens (including phenoxy) is 1. The van der Waals surface area contributed by atoms with Crippen LogP contribution in [0, 0.1) is 0 Å². The minimum absolute atomic E-state index is 0.269. The molecule has 0 unspecified atom stereocenters. The molecule has 4 aromatic rings. The fourth-order valence-corrected chi connectivity index (χ4v) is 3.77. The van der Waals surface area contributed by atoms with Crippen LogP contribution in [-0.2, 0) is 12.8 Å². The van der Waals surface area contributed by atoms with Crippen LogP contribution < -0.4 is 4.74 Å². The lowest BCUT2D eigenvalue weighted by Crippen LogP contribution is -2.26. The molecular formula is C23H30N6O2. The van der Waals surface area contributed by atoms with Crippen molar-refractivity contribution in [3.63, 3.8) is 0 Å². The van der Waals surface area contributed by atoms with Crippen LogP contribution in [0.4, 0.5) is 0 Å². The zero-order valence-electron chi connectivity index (χ0n) is 18.4. The predicted molar refractivity (Wildman–Crippen MR) is 123 cm³/mol. The molecule has 0 saturated carbocycles. The smallest absolute Gasteiger partial charge is 0.141 e. The quantitative estimate of drug-likeness (QED) is 0.364. The molecule has 1 aromatic carbocycles. The fourth-order valence-electron chi connectivity index (χ4n) is 3.77. The van der Waals surface area contributed by atoms with Crippen LogP contribution in [0.5, 0.6) is 11.5 Å². The van der Waals surface area contributed by atoms with Crippen molar-refractivity contribution in [3.8, 4) is 11.5 Å². The van der Waals surface area contributed by atoms with Crippen molar-refractivity contribution < 1.29 is 9.84 Å². The van der Waals surface area contributed by atoms with Gasteiger partial charge in [-0.2, -0.15) is 5.10 Å². The molecule has 4 rings (SSSR count). The highest BCUT2D eigenvalue weighted by Crippen LogP contribution is 2.28. The number of aromatic hydroxyl groups is 1. The van der Waals surface area contributed by atoms with Crippen LogP contribution in [0.25, 0.3) is 21.9 Å². The highest BCUT2D eigenvalue weighted by Gasteiger charge is 2.13. The Balaban J connectivity index is 1.33. The van der Waals surface area contributed by atoms with Gasteiger partial charge in [0.05, 0.1) is 16.3 Å². The van der Waals surface area contributed by atoms with Crippen molar-refractivity contribution in [1.82, 2.24) is 30.0 Å². The molecule has 31 heavy (non-hydrogen) atoms. The van der Waals surface area contributed by atoms with Crippen LogP contribution in [0.3, 0.4) is 0 Å². The lowest BCUT2D eigenvalue weighted by atomic mass is 10.1. The molecule has 0 saturated heterocycles. The molecule has 0 aliphatic carbocycles. The van der Waals surface area contributed by atoms with Crippen LogP contribution in [0.15, 0.2) is 36.7 Å². The summed E-state index contributed by atoms with van der Waals surface area (Å²) in [6, 6.07) is 7.34. The second-order valence-corrected chi connectivity index (χ2v) is 8.18. The number of hydrogen-bond acceptors (Lipinski definition) is 6. The van der Waals surface area contributed by atoms with Gasteiger partial charge in [0.25, 0.3) is 0 Å². The van der Waals surface area contributed by atoms with E-state index < -0.39 is 0 Å². The molecule has 0 bridgehead atoms. The molecule has 0 radical (unpaired) electrons. The maximum absolute atomic E-state index is 10.1. The summed E-state index contributed by atoms with van der Waals surface area (Å²) in [5.74, 6) is 1.14. The monoisotopic (exact) mass is 422 g/mol. The van der Waals surface area contributed by atoms with E-state index in [4.69, 9.17) is 4.74 Å². The SMILES string of the molecule is CN(C)CCc1c[nH]c2nccc(OCCN(C)CCc3[nH]nc4cccc(O)c34)c12. The predicted octanol–water partition coefficient (Wildman–Crippen LogP) is 2.80. The van der Waals surface area contributed by atoms with Gasteiger partial charge in [0.15, 0.2) is 0 Å². The van der Waals surface area contributed by atoms with Crippen molar-refractivity contribution in [2.75, 3.05) is 47.4 Å². The zero-order valence-corrected chi connectivity index (χ0v) is 18.4. The first-order valence-electron chi connectivity index (χ1n) is 10.6. The second-order valence-electron chi connectivity index (χ2n) is 8.18. The van der Waals surface area contributed by atoms with E-state index in [9.17, 15) is 5.11 Å². The van der Waals surface area contributed by atoms with Gasteiger partial charge >= 0.3 is 0 Å². The molecule has 0 fully saturated rings. The third-order valence-corrected chi connectivity index (χ3v) is 5.55. The Hall–Kier alpha value is -3.10. The Morgan fingerprint density at radius 3 is 2.74 bits per heavy atom. The van der Waals surface area contributed by atoms with Gasteiger partial charge in [-0.25, -0.2) is 4.98 Å². The molecule has 0 atom stereocenters. The van der Waals surface area contributed by atoms with Gasteiger partial charge in [-0.3, -0.25) is 5.10 Å². The Labute approximate surface area is 181 Å². The van der Waals surface area contributed by atoms with E-state index in [1.165, 1.54) is 5.56 Å². The molecule has 0 amide bonds. The lowest BCUT2D eigenvalue weighted by molar-refractivity contribution is 0.240. The lowest BCUT2D eigenvalue weighted by Gasteiger charge is -2.17. The third kappa shape index (κ3) is 4.81. The van der Waals surface area contributed by atoms with Crippen molar-refractivity contribution in [2.24, 2.45) is 0 Å². The number of pyridine rings is 1. The maximum Gasteiger partial charge on any atom is 0.141 e. The number of likely N-dealkylation sites (N-methyl/N-ethyl adjacent to an activating group) is 2. The summed E-state index contributed by atoms with van der Waals surface area (Å²) in [6.07, 6.45) is 5.53. The van der Waals surface area contributed by atoms with Crippen LogP contribution in [-0.4, -0.2) is 82.5 Å². The average molecular weight is 423 g/mol. The number of H-pyrrole nitrogens is 2. The first-order valence-corrected chi connectivity index (χ1v) is 10.6. The van der Waals surface area contributed by atoms with Crippen molar-refractivity contribution in [3.05, 3.63) is 47.9 Å². The number of phenolic OH excluding ortho intramolecular Hbond substituents is 1. The highest BCUT2D eigenvalue weighted by molar-refractivity contribution is 5.87. The van der Waals surface area contributed by atoms with Gasteiger partial charge in [0.2, 0.25) is 0 Å². The van der Waals surface area contributed by atoms with Crippen LogP contribution in [0.2, 0.25) is 0 Å². The number of hydrogen-bond donors (Lipinski definition) is 3. The van der Waals surface area contributed by atoms with E-state index in [1.54, 1.807) is 18.3 Å². The molecular weight excluding hydrogens is 392 g/mol. The Morgan fingerprint density at radius 2 is 1.90 bits per heavy atom. The standard InChI is InChI=1S/C23H30N6O2/c1-28(2)11-8-16-15-25-23-21(16)20(7-10-24-23)31-14-13-29(3)12-9-18-22-17(26-27-18)5-4-6-19(22)30/h4-7,10,15,30H,8-9,11-14H2,1-3H3,(H,24,25)(H,26,27). The van der Waals surface area contributed by atoms with Gasteiger partial charge in [-0.05, 0) is 51.3 Å². The van der Waals surface area contributed by atoms with Gasteiger partial charge in [-0.15, -0.1) is 0 Å². The second kappa shape index (κ2) is 9.36. The molecule has 8 heteroatoms. The number of aromatic nitrogens is 4. The molecule has 164 valence electrons. The number of fused-ring (bicyclic) bond motifs is 2. The van der Waals surface area contributed by atoms with E-state index in [0.29, 0.717) is 6.61 Å². The normalized spacial score (nSPS) is 11.9. The number of phenols is 1. The summed E-state index contributed by atoms with van der Waals surface area (Å²) < 4.78 is 6.15. The zero-order chi connectivity index (χ0) is 21.8. The Morgan fingerprint density at radius 1 is 1.03 bits per heavy atom. The third-order valence-electron chi connectivity index (χ3n) is 5.55. The maximum atomic E-state index is 10.1. The molecule has 0 aliphatic rings. The van der Waals surface area contributed by atoms with Gasteiger partial charge in [0.1, 0.15) is 23.8 Å². The van der Waals surface area contributed by atoms with Crippen molar-refractivity contribution in [1.29, 1.82) is 0 Å². The molecule has 3 N–H and O–H groups in total. The van der Waals surface area contributed by atoms with E-state index in [-0.39, 0.29) is 5.75 Å². The fraction of sp³-hybridized carbons (Fsp3) is 0.391. The first-order chi connectivity index (χ1) is 15.0. The van der Waals surface area contributed by atoms with Gasteiger partial charge < -0.3 is 24.6 Å². The molecule has 3 aromatic heterocycles. The van der Waals surface area contributed by atoms with E-state index >= 15 is 0 Å². The summed E-state index contributed by atoms with van der Waals surface area (Å²) in [7, 11) is 6.23. The molecule has 0 aliphatic heterocycles. The Kier molecular flexibility index (Phi) is 6.39. The Bertz CT molecular complexity index is 1150. The van der Waals surface area contributed by atoms with Crippen LogP contribution >= 0.6 is 0 Å². The summed E-state index contributed by atoms with van der Waals surface area (Å²) >= 11 is 0. The van der Waals surface area contributed by atoms with Crippen molar-refractivity contribution >= 4 is 21.9 Å². The van der Waals surface area contributed by atoms with Crippen molar-refractivity contribution in [2.45, 2.75) is 12.8 Å². The minimum atomic E-state index is 0.269. The van der Waals surface area contributed by atoms with E-state index in [0.717, 1.165) is 65.9 Å². The summed E-state index contributed by atoms with van der Waals surface area (Å²) in [6.45, 7) is 3.18. The van der Waals surface area contributed by atoms with E-state index in [1.807, 2.05) is 18.3 Å². The highest BCUT2D eigenvalue weighted by atomic mass is 16.5. The van der Waals surface area contributed by atoms with Gasteiger partial charge in [-0.1, -0.05) is 6.07 Å². The summed E-state index contributed by atoms with van der Waals surface area (Å²) in [4.78, 5) is 12.1. The number of nitrogens with one attached hydrogen (secondary N) is 2. The number of nitrogens with zero attached hydrogens (tertiary/aromatic N) is 4. The van der Waals surface area contributed by atoms with Crippen LogP contribution in [0.1, 0.15) is 11.3 Å². The minimum Gasteiger partial charge on any atom is -0.507 e. The largest absolute Gasteiger partial charge is 0.507 e. The summed E-state index contributed by atoms with van der Waals surface area (Å²) in [5.41, 5.74) is 3.84. The van der Waals surface area contributed by atoms with E-state index in [2.05, 4.69) is 51.1 Å². The van der Waals surface area contributed by atoms with Gasteiger partial charge in [0, 0.05) is 44.1 Å². The number of benzene rings is 1. The molecule has 3 heterocycles. The number of aromatic amines is 2. The molecule has 8 nitrogen and oxygen atoms in total.